The molecule has 13 heteroatoms. The Bertz CT molecular complexity index is 1200. The molecule has 2 unspecified atom stereocenters. The standard InChI is InChI=1S/C25H26Cl2F4N4O3/c1-24(2,38-20-10-17(26)19(28)9-18(20)27)23(37)34-14-7-15-4-5-16(8-14)35(15)21-6-3-13(11-32-21)22(36)33-12-25(29,30)31/h3,6,9-11,14-16H,4-5,7-8,12H2,1-2H3,(H,33,36)(H,34,37). The summed E-state index contributed by atoms with van der Waals surface area (Å²) < 4.78 is 56.5. The number of hydrogen-bond donors (Lipinski definition) is 2. The summed E-state index contributed by atoms with van der Waals surface area (Å²) in [6, 6.07) is 5.38. The lowest BCUT2D eigenvalue weighted by atomic mass is 9.96. The van der Waals surface area contributed by atoms with E-state index in [1.165, 1.54) is 18.3 Å². The molecule has 1 aromatic heterocycles. The van der Waals surface area contributed by atoms with Crippen molar-refractivity contribution in [1.29, 1.82) is 0 Å². The summed E-state index contributed by atoms with van der Waals surface area (Å²) in [5.74, 6) is -1.18. The zero-order valence-electron chi connectivity index (χ0n) is 20.5. The van der Waals surface area contributed by atoms with Gasteiger partial charge in [-0.25, -0.2) is 9.37 Å². The van der Waals surface area contributed by atoms with Crippen LogP contribution in [0.5, 0.6) is 5.75 Å². The third-order valence-electron chi connectivity index (χ3n) is 6.68. The van der Waals surface area contributed by atoms with Gasteiger partial charge in [0.1, 0.15) is 23.9 Å². The molecule has 2 aliphatic rings. The van der Waals surface area contributed by atoms with E-state index >= 15 is 0 Å². The first-order valence-corrected chi connectivity index (χ1v) is 12.7. The van der Waals surface area contributed by atoms with E-state index in [0.717, 1.165) is 18.9 Å². The molecule has 1 aromatic carbocycles. The topological polar surface area (TPSA) is 83.6 Å². The number of benzene rings is 1. The number of ether oxygens (including phenoxy) is 1. The number of pyridine rings is 1. The predicted molar refractivity (Wildman–Crippen MR) is 134 cm³/mol. The predicted octanol–water partition coefficient (Wildman–Crippen LogP) is 5.29. The molecule has 0 aliphatic carbocycles. The van der Waals surface area contributed by atoms with Gasteiger partial charge in [0.05, 0.1) is 15.6 Å². The van der Waals surface area contributed by atoms with Crippen LogP contribution in [0, 0.1) is 5.82 Å². The fourth-order valence-corrected chi connectivity index (χ4v) is 5.23. The van der Waals surface area contributed by atoms with Crippen molar-refractivity contribution in [3.63, 3.8) is 0 Å². The van der Waals surface area contributed by atoms with Crippen molar-refractivity contribution in [3.8, 4) is 5.75 Å². The molecule has 2 N–H and O–H groups in total. The van der Waals surface area contributed by atoms with E-state index in [2.05, 4.69) is 15.2 Å². The first kappa shape index (κ1) is 28.2. The van der Waals surface area contributed by atoms with Gasteiger partial charge in [-0.05, 0) is 57.7 Å². The van der Waals surface area contributed by atoms with Gasteiger partial charge in [0, 0.05) is 30.4 Å². The SMILES string of the molecule is CC(C)(Oc1cc(Cl)c(F)cc1Cl)C(=O)NC1CC2CCC(C1)N2c1ccc(C(=O)NCC(F)(F)F)cn1. The second kappa shape index (κ2) is 10.8. The number of fused-ring (bicyclic) bond motifs is 2. The number of carbonyl (C=O) groups is 2. The van der Waals surface area contributed by atoms with E-state index < -0.39 is 30.0 Å². The molecular weight excluding hydrogens is 551 g/mol. The monoisotopic (exact) mass is 576 g/mol. The van der Waals surface area contributed by atoms with Gasteiger partial charge in [-0.2, -0.15) is 13.2 Å². The van der Waals surface area contributed by atoms with Crippen molar-refractivity contribution in [2.75, 3.05) is 11.4 Å². The molecule has 2 atom stereocenters. The molecule has 7 nitrogen and oxygen atoms in total. The minimum absolute atomic E-state index is 0.00419. The van der Waals surface area contributed by atoms with Crippen molar-refractivity contribution in [1.82, 2.24) is 15.6 Å². The molecule has 4 rings (SSSR count). The Labute approximate surface area is 226 Å². The molecule has 0 saturated carbocycles. The molecule has 2 bridgehead atoms. The largest absolute Gasteiger partial charge is 0.476 e. The first-order chi connectivity index (χ1) is 17.7. The molecule has 3 heterocycles. The highest BCUT2D eigenvalue weighted by molar-refractivity contribution is 6.34. The van der Waals surface area contributed by atoms with E-state index in [1.807, 2.05) is 5.32 Å². The molecule has 2 aromatic rings. The Balaban J connectivity index is 1.36. The number of nitrogens with zero attached hydrogens (tertiary/aromatic N) is 2. The Morgan fingerprint density at radius 2 is 1.76 bits per heavy atom. The zero-order valence-corrected chi connectivity index (χ0v) is 22.1. The fraction of sp³-hybridized carbons (Fsp3) is 0.480. The van der Waals surface area contributed by atoms with Crippen LogP contribution in [0.4, 0.5) is 23.4 Å². The van der Waals surface area contributed by atoms with Gasteiger partial charge >= 0.3 is 6.18 Å². The lowest BCUT2D eigenvalue weighted by molar-refractivity contribution is -0.135. The summed E-state index contributed by atoms with van der Waals surface area (Å²) in [7, 11) is 0. The Morgan fingerprint density at radius 1 is 1.11 bits per heavy atom. The van der Waals surface area contributed by atoms with E-state index in [1.54, 1.807) is 19.9 Å². The maximum atomic E-state index is 13.6. The summed E-state index contributed by atoms with van der Waals surface area (Å²) in [4.78, 5) is 31.5. The van der Waals surface area contributed by atoms with Crippen LogP contribution >= 0.6 is 23.2 Å². The number of alkyl halides is 3. The van der Waals surface area contributed by atoms with Gasteiger partial charge in [-0.15, -0.1) is 0 Å². The Hall–Kier alpha value is -2.79. The van der Waals surface area contributed by atoms with Crippen molar-refractivity contribution in [2.24, 2.45) is 0 Å². The summed E-state index contributed by atoms with van der Waals surface area (Å²) >= 11 is 11.9. The normalized spacial score (nSPS) is 21.3. The molecule has 2 aliphatic heterocycles. The molecule has 2 saturated heterocycles. The fourth-order valence-electron chi connectivity index (χ4n) is 4.89. The van der Waals surface area contributed by atoms with Crippen LogP contribution in [-0.2, 0) is 4.79 Å². The van der Waals surface area contributed by atoms with E-state index in [4.69, 9.17) is 27.9 Å². The Morgan fingerprint density at radius 3 is 2.34 bits per heavy atom. The summed E-state index contributed by atoms with van der Waals surface area (Å²) in [5.41, 5.74) is -1.28. The van der Waals surface area contributed by atoms with Gasteiger partial charge in [-0.1, -0.05) is 23.2 Å². The molecule has 2 amide bonds. The van der Waals surface area contributed by atoms with Crippen LogP contribution in [0.25, 0.3) is 0 Å². The third kappa shape index (κ3) is 6.43. The number of hydrogen-bond acceptors (Lipinski definition) is 5. The van der Waals surface area contributed by atoms with Gasteiger partial charge in [0.15, 0.2) is 5.60 Å². The maximum absolute atomic E-state index is 13.6. The molecule has 0 spiro atoms. The smallest absolute Gasteiger partial charge is 0.405 e. The number of anilines is 1. The average molecular weight is 577 g/mol. The minimum atomic E-state index is -4.49. The molecule has 206 valence electrons. The van der Waals surface area contributed by atoms with Crippen molar-refractivity contribution < 1.29 is 31.9 Å². The molecule has 38 heavy (non-hydrogen) atoms. The average Bonchev–Trinajstić information content (AvgIpc) is 3.10. The molecule has 2 fully saturated rings. The van der Waals surface area contributed by atoms with Crippen molar-refractivity contribution >= 4 is 40.8 Å². The maximum Gasteiger partial charge on any atom is 0.405 e. The number of halogens is 6. The van der Waals surface area contributed by atoms with Crippen LogP contribution in [-0.4, -0.2) is 53.2 Å². The third-order valence-corrected chi connectivity index (χ3v) is 7.26. The van der Waals surface area contributed by atoms with Crippen LogP contribution in [0.15, 0.2) is 30.5 Å². The highest BCUT2D eigenvalue weighted by atomic mass is 35.5. The number of aromatic nitrogens is 1. The quantitative estimate of drug-likeness (QED) is 0.345. The molecule has 0 radical (unpaired) electrons. The van der Waals surface area contributed by atoms with E-state index in [9.17, 15) is 27.2 Å². The number of nitrogens with one attached hydrogen (secondary N) is 2. The lowest BCUT2D eigenvalue weighted by Crippen LogP contribution is -2.55. The van der Waals surface area contributed by atoms with Crippen molar-refractivity contribution in [2.45, 2.75) is 69.4 Å². The van der Waals surface area contributed by atoms with E-state index in [-0.39, 0.29) is 45.4 Å². The van der Waals surface area contributed by atoms with Gasteiger partial charge in [-0.3, -0.25) is 9.59 Å². The van der Waals surface area contributed by atoms with Crippen molar-refractivity contribution in [3.05, 3.63) is 51.9 Å². The second-order valence-corrected chi connectivity index (χ2v) is 10.8. The minimum Gasteiger partial charge on any atom is -0.476 e. The first-order valence-electron chi connectivity index (χ1n) is 12.0. The summed E-state index contributed by atoms with van der Waals surface area (Å²) in [6.45, 7) is 1.75. The summed E-state index contributed by atoms with van der Waals surface area (Å²) in [6.07, 6.45) is -0.160. The van der Waals surface area contributed by atoms with Crippen LogP contribution < -0.4 is 20.3 Å². The van der Waals surface area contributed by atoms with Gasteiger partial charge in [0.25, 0.3) is 11.8 Å². The summed E-state index contributed by atoms with van der Waals surface area (Å²) in [5, 5.41) is 4.69. The number of carbonyl (C=O) groups excluding carboxylic acids is 2. The van der Waals surface area contributed by atoms with Gasteiger partial charge < -0.3 is 20.3 Å². The highest BCUT2D eigenvalue weighted by Gasteiger charge is 2.43. The Kier molecular flexibility index (Phi) is 7.99. The van der Waals surface area contributed by atoms with Gasteiger partial charge in [0.2, 0.25) is 0 Å². The number of rotatable bonds is 7. The molecular formula is C25H26Cl2F4N4O3. The number of amides is 2. The zero-order chi connectivity index (χ0) is 27.8. The van der Waals surface area contributed by atoms with E-state index in [0.29, 0.717) is 18.7 Å². The van der Waals surface area contributed by atoms with Crippen LogP contribution in [0.3, 0.4) is 0 Å². The highest BCUT2D eigenvalue weighted by Crippen LogP contribution is 2.39. The van der Waals surface area contributed by atoms with Crippen LogP contribution in [0.2, 0.25) is 10.0 Å². The van der Waals surface area contributed by atoms with Crippen LogP contribution in [0.1, 0.15) is 49.9 Å². The number of piperidine rings is 1. The lowest BCUT2D eigenvalue weighted by Gasteiger charge is -2.40. The second-order valence-electron chi connectivity index (χ2n) is 9.95.